The molecule has 1 aliphatic rings. The molecule has 1 fully saturated rings. The number of carbonyl (C=O) groups excluding carboxylic acids is 1. The number of halogens is 1. The molecule has 2 aromatic heterocycles. The van der Waals surface area contributed by atoms with Crippen LogP contribution in [0.1, 0.15) is 33.2 Å². The number of nitrogens with zero attached hydrogens (tertiary/aromatic N) is 4. The molecule has 8 nitrogen and oxygen atoms in total. The summed E-state index contributed by atoms with van der Waals surface area (Å²) in [5.41, 5.74) is 1.20. The molecule has 186 valence electrons. The summed E-state index contributed by atoms with van der Waals surface area (Å²) in [5.74, 6) is 1.16. The molecule has 36 heavy (non-hydrogen) atoms. The second-order valence-electron chi connectivity index (χ2n) is 9.75. The minimum Gasteiger partial charge on any atom is -0.456 e. The van der Waals surface area contributed by atoms with Gasteiger partial charge in [0.15, 0.2) is 0 Å². The number of pyridine rings is 1. The van der Waals surface area contributed by atoms with Gasteiger partial charge >= 0.3 is 11.8 Å². The highest BCUT2D eigenvalue weighted by Crippen LogP contribution is 2.32. The molecular formula is C27H27ClN4O4. The minimum atomic E-state index is -0.580. The Labute approximate surface area is 213 Å². The SMILES string of the molecule is CC(C)(C)OC(=O)N1CCC(n2c(=O)n(-c3ccc(Oc4ccccc4)c(Cl)c3)c3cnccc32)C1. The Kier molecular flexibility index (Phi) is 6.22. The Morgan fingerprint density at radius 1 is 1.08 bits per heavy atom. The van der Waals surface area contributed by atoms with Gasteiger partial charge in [-0.2, -0.15) is 0 Å². The van der Waals surface area contributed by atoms with E-state index in [1.807, 2.05) is 57.2 Å². The topological polar surface area (TPSA) is 78.6 Å². The number of aromatic nitrogens is 3. The predicted octanol–water partition coefficient (Wildman–Crippen LogP) is 5.81. The fraction of sp³-hybridized carbons (Fsp3) is 0.296. The van der Waals surface area contributed by atoms with Crippen molar-refractivity contribution in [2.75, 3.05) is 13.1 Å². The first-order chi connectivity index (χ1) is 17.2. The monoisotopic (exact) mass is 506 g/mol. The van der Waals surface area contributed by atoms with Crippen LogP contribution >= 0.6 is 11.6 Å². The number of likely N-dealkylation sites (tertiary alicyclic amines) is 1. The number of carbonyl (C=O) groups is 1. The van der Waals surface area contributed by atoms with Gasteiger partial charge in [0.05, 0.1) is 34.0 Å². The molecule has 1 amide bonds. The van der Waals surface area contributed by atoms with Crippen molar-refractivity contribution in [3.05, 3.63) is 82.5 Å². The maximum absolute atomic E-state index is 13.8. The standard InChI is InChI=1S/C27H27ClN4O4/c1-27(2,3)36-26(34)30-14-12-19(17-30)32-22-11-13-29-16-23(22)31(25(32)33)18-9-10-24(21(28)15-18)35-20-7-5-4-6-8-20/h4-11,13,15-16,19H,12,14,17H2,1-3H3. The number of hydrogen-bond donors (Lipinski definition) is 0. The Morgan fingerprint density at radius 3 is 2.58 bits per heavy atom. The number of para-hydroxylation sites is 1. The van der Waals surface area contributed by atoms with Gasteiger partial charge in [-0.25, -0.2) is 9.59 Å². The summed E-state index contributed by atoms with van der Waals surface area (Å²) in [6, 6.07) is 16.2. The van der Waals surface area contributed by atoms with E-state index < -0.39 is 5.60 Å². The van der Waals surface area contributed by atoms with Crippen molar-refractivity contribution in [3.63, 3.8) is 0 Å². The van der Waals surface area contributed by atoms with Gasteiger partial charge in [-0.05, 0) is 63.6 Å². The van der Waals surface area contributed by atoms with E-state index in [9.17, 15) is 9.59 Å². The van der Waals surface area contributed by atoms with Crippen LogP contribution in [0.25, 0.3) is 16.7 Å². The molecule has 2 aromatic carbocycles. The number of amides is 1. The number of fused-ring (bicyclic) bond motifs is 1. The van der Waals surface area contributed by atoms with Gasteiger partial charge in [0.25, 0.3) is 0 Å². The zero-order valence-corrected chi connectivity index (χ0v) is 21.1. The van der Waals surface area contributed by atoms with E-state index in [0.29, 0.717) is 47.2 Å². The van der Waals surface area contributed by atoms with Crippen molar-refractivity contribution in [2.24, 2.45) is 0 Å². The fourth-order valence-corrected chi connectivity index (χ4v) is 4.66. The van der Waals surface area contributed by atoms with E-state index in [1.165, 1.54) is 0 Å². The number of hydrogen-bond acceptors (Lipinski definition) is 5. The average molecular weight is 507 g/mol. The maximum atomic E-state index is 13.8. The Hall–Kier alpha value is -3.78. The molecule has 0 N–H and O–H groups in total. The molecule has 0 spiro atoms. The van der Waals surface area contributed by atoms with Crippen molar-refractivity contribution in [2.45, 2.75) is 38.8 Å². The van der Waals surface area contributed by atoms with E-state index in [2.05, 4.69) is 4.98 Å². The third-order valence-corrected chi connectivity index (χ3v) is 6.30. The summed E-state index contributed by atoms with van der Waals surface area (Å²) in [4.78, 5) is 32.2. The van der Waals surface area contributed by atoms with Crippen molar-refractivity contribution in [1.82, 2.24) is 19.0 Å². The van der Waals surface area contributed by atoms with Gasteiger partial charge in [0.1, 0.15) is 17.1 Å². The normalized spacial score (nSPS) is 15.9. The van der Waals surface area contributed by atoms with E-state index in [-0.39, 0.29) is 17.8 Å². The lowest BCUT2D eigenvalue weighted by Gasteiger charge is -2.24. The zero-order chi connectivity index (χ0) is 25.4. The lowest BCUT2D eigenvalue weighted by molar-refractivity contribution is 0.0289. The molecule has 0 radical (unpaired) electrons. The second-order valence-corrected chi connectivity index (χ2v) is 10.2. The molecule has 9 heteroatoms. The van der Waals surface area contributed by atoms with Crippen LogP contribution in [-0.4, -0.2) is 43.8 Å². The van der Waals surface area contributed by atoms with Gasteiger partial charge in [0, 0.05) is 19.3 Å². The molecule has 1 saturated heterocycles. The highest BCUT2D eigenvalue weighted by Gasteiger charge is 2.33. The smallest absolute Gasteiger partial charge is 0.410 e. The molecule has 0 aliphatic carbocycles. The van der Waals surface area contributed by atoms with Crippen LogP contribution in [0.2, 0.25) is 5.02 Å². The second kappa shape index (κ2) is 9.35. The number of imidazole rings is 1. The molecule has 5 rings (SSSR count). The number of benzene rings is 2. The molecule has 1 atom stereocenters. The summed E-state index contributed by atoms with van der Waals surface area (Å²) in [7, 11) is 0. The quantitative estimate of drug-likeness (QED) is 0.349. The summed E-state index contributed by atoms with van der Waals surface area (Å²) in [5, 5.41) is 0.380. The largest absolute Gasteiger partial charge is 0.456 e. The van der Waals surface area contributed by atoms with Crippen molar-refractivity contribution < 1.29 is 14.3 Å². The van der Waals surface area contributed by atoms with Crippen molar-refractivity contribution in [3.8, 4) is 17.2 Å². The van der Waals surface area contributed by atoms with Crippen LogP contribution < -0.4 is 10.4 Å². The third kappa shape index (κ3) is 4.68. The Balaban J connectivity index is 1.48. The van der Waals surface area contributed by atoms with E-state index >= 15 is 0 Å². The lowest BCUT2D eigenvalue weighted by atomic mass is 10.2. The van der Waals surface area contributed by atoms with Crippen LogP contribution in [0.3, 0.4) is 0 Å². The number of rotatable bonds is 4. The van der Waals surface area contributed by atoms with Crippen molar-refractivity contribution >= 4 is 28.7 Å². The van der Waals surface area contributed by atoms with Crippen LogP contribution in [0.5, 0.6) is 11.5 Å². The predicted molar refractivity (Wildman–Crippen MR) is 138 cm³/mol. The van der Waals surface area contributed by atoms with Gasteiger partial charge in [0.2, 0.25) is 0 Å². The summed E-state index contributed by atoms with van der Waals surface area (Å²) in [6.45, 7) is 6.42. The first kappa shape index (κ1) is 23.9. The van der Waals surface area contributed by atoms with Crippen LogP contribution in [0.15, 0.2) is 71.8 Å². The summed E-state index contributed by atoms with van der Waals surface area (Å²) < 4.78 is 14.7. The third-order valence-electron chi connectivity index (χ3n) is 6.00. The highest BCUT2D eigenvalue weighted by atomic mass is 35.5. The van der Waals surface area contributed by atoms with E-state index in [4.69, 9.17) is 21.1 Å². The molecule has 0 bridgehead atoms. The minimum absolute atomic E-state index is 0.188. The van der Waals surface area contributed by atoms with Crippen LogP contribution in [0.4, 0.5) is 4.79 Å². The zero-order valence-electron chi connectivity index (χ0n) is 20.3. The van der Waals surface area contributed by atoms with E-state index in [0.717, 1.165) is 5.52 Å². The van der Waals surface area contributed by atoms with Crippen LogP contribution in [-0.2, 0) is 4.74 Å². The average Bonchev–Trinajstić information content (AvgIpc) is 3.42. The molecule has 1 aliphatic heterocycles. The first-order valence-corrected chi connectivity index (χ1v) is 12.2. The fourth-order valence-electron chi connectivity index (χ4n) is 4.44. The van der Waals surface area contributed by atoms with Gasteiger partial charge in [-0.15, -0.1) is 0 Å². The molecule has 0 saturated carbocycles. The molecule has 1 unspecified atom stereocenters. The van der Waals surface area contributed by atoms with Crippen LogP contribution in [0, 0.1) is 0 Å². The first-order valence-electron chi connectivity index (χ1n) is 11.8. The maximum Gasteiger partial charge on any atom is 0.410 e. The highest BCUT2D eigenvalue weighted by molar-refractivity contribution is 6.32. The summed E-state index contributed by atoms with van der Waals surface area (Å²) in [6.07, 6.45) is 3.60. The molecular weight excluding hydrogens is 480 g/mol. The molecule has 4 aromatic rings. The van der Waals surface area contributed by atoms with Gasteiger partial charge in [-0.3, -0.25) is 14.1 Å². The Morgan fingerprint density at radius 2 is 1.86 bits per heavy atom. The summed E-state index contributed by atoms with van der Waals surface area (Å²) >= 11 is 6.55. The van der Waals surface area contributed by atoms with Gasteiger partial charge in [-0.1, -0.05) is 29.8 Å². The van der Waals surface area contributed by atoms with Crippen molar-refractivity contribution in [1.29, 1.82) is 0 Å². The lowest BCUT2D eigenvalue weighted by Crippen LogP contribution is -2.36. The molecule has 3 heterocycles. The van der Waals surface area contributed by atoms with E-state index in [1.54, 1.807) is 44.6 Å². The van der Waals surface area contributed by atoms with Gasteiger partial charge < -0.3 is 14.4 Å². The number of ether oxygens (including phenoxy) is 2. The Bertz CT molecular complexity index is 1470.